The summed E-state index contributed by atoms with van der Waals surface area (Å²) in [4.78, 5) is 0. The summed E-state index contributed by atoms with van der Waals surface area (Å²) in [6.45, 7) is 9.66. The predicted octanol–water partition coefficient (Wildman–Crippen LogP) is 1.72. The van der Waals surface area contributed by atoms with Crippen LogP contribution in [0, 0.1) is 5.41 Å². The Morgan fingerprint density at radius 2 is 2.26 bits per heavy atom. The Morgan fingerprint density at radius 3 is 2.84 bits per heavy atom. The fourth-order valence-electron chi connectivity index (χ4n) is 2.84. The smallest absolute Gasteiger partial charge is 0.168 e. The van der Waals surface area contributed by atoms with Gasteiger partial charge in [-0.05, 0) is 36.7 Å². The van der Waals surface area contributed by atoms with Gasteiger partial charge in [0, 0.05) is 12.5 Å². The summed E-state index contributed by atoms with van der Waals surface area (Å²) in [6, 6.07) is 0.487. The molecule has 6 nitrogen and oxygen atoms in total. The highest BCUT2D eigenvalue weighted by molar-refractivity contribution is 5.04. The molecule has 1 saturated carbocycles. The van der Waals surface area contributed by atoms with E-state index >= 15 is 0 Å². The average Bonchev–Trinajstić information content (AvgIpc) is 2.84. The van der Waals surface area contributed by atoms with Gasteiger partial charge in [-0.15, -0.1) is 5.10 Å². The van der Waals surface area contributed by atoms with E-state index in [2.05, 4.69) is 48.5 Å². The second kappa shape index (κ2) is 5.54. The van der Waals surface area contributed by atoms with E-state index in [1.165, 1.54) is 0 Å². The molecule has 1 aliphatic carbocycles. The standard InChI is InChI=1S/C13H25N5O/c1-6-7-14-9(2)12-15-16-17-18(12)10-8-11(19-5)13(10,3)4/h9-11,14H,6-8H2,1-5H3. The summed E-state index contributed by atoms with van der Waals surface area (Å²) in [6.07, 6.45) is 2.36. The minimum absolute atomic E-state index is 0.0728. The lowest BCUT2D eigenvalue weighted by atomic mass is 9.64. The molecule has 19 heavy (non-hydrogen) atoms. The van der Waals surface area contributed by atoms with Crippen LogP contribution >= 0.6 is 0 Å². The number of tetrazole rings is 1. The number of nitrogens with one attached hydrogen (secondary N) is 1. The molecule has 2 rings (SSSR count). The van der Waals surface area contributed by atoms with Crippen LogP contribution in [-0.4, -0.2) is 40.0 Å². The van der Waals surface area contributed by atoms with Crippen molar-refractivity contribution in [1.82, 2.24) is 25.5 Å². The van der Waals surface area contributed by atoms with E-state index in [-0.39, 0.29) is 17.6 Å². The van der Waals surface area contributed by atoms with Gasteiger partial charge in [0.25, 0.3) is 0 Å². The van der Waals surface area contributed by atoms with Crippen molar-refractivity contribution in [2.24, 2.45) is 5.41 Å². The van der Waals surface area contributed by atoms with Crippen molar-refractivity contribution in [3.8, 4) is 0 Å². The third-order valence-electron chi connectivity index (χ3n) is 4.31. The van der Waals surface area contributed by atoms with E-state index in [0.717, 1.165) is 25.2 Å². The van der Waals surface area contributed by atoms with Gasteiger partial charge in [0.05, 0.1) is 18.2 Å². The topological polar surface area (TPSA) is 64.9 Å². The Morgan fingerprint density at radius 1 is 1.53 bits per heavy atom. The van der Waals surface area contributed by atoms with Crippen molar-refractivity contribution in [3.05, 3.63) is 5.82 Å². The molecule has 1 aromatic heterocycles. The maximum atomic E-state index is 5.50. The predicted molar refractivity (Wildman–Crippen MR) is 72.8 cm³/mol. The first-order valence-electron chi connectivity index (χ1n) is 7.06. The maximum Gasteiger partial charge on any atom is 0.168 e. The van der Waals surface area contributed by atoms with Crippen molar-refractivity contribution >= 4 is 0 Å². The van der Waals surface area contributed by atoms with Gasteiger partial charge in [-0.2, -0.15) is 0 Å². The van der Waals surface area contributed by atoms with Crippen molar-refractivity contribution in [2.45, 2.75) is 58.7 Å². The largest absolute Gasteiger partial charge is 0.381 e. The second-order valence-corrected chi connectivity index (χ2v) is 5.95. The molecule has 0 amide bonds. The van der Waals surface area contributed by atoms with Crippen LogP contribution in [0.2, 0.25) is 0 Å². The minimum atomic E-state index is 0.0728. The quantitative estimate of drug-likeness (QED) is 0.850. The molecule has 0 spiro atoms. The molecule has 1 fully saturated rings. The molecule has 1 heterocycles. The molecule has 3 atom stereocenters. The Kier molecular flexibility index (Phi) is 4.20. The number of rotatable bonds is 6. The van der Waals surface area contributed by atoms with Gasteiger partial charge in [-0.1, -0.05) is 20.8 Å². The number of ether oxygens (including phenoxy) is 1. The molecule has 0 saturated heterocycles. The number of methoxy groups -OCH3 is 1. The Labute approximate surface area is 114 Å². The van der Waals surface area contributed by atoms with Crippen molar-refractivity contribution in [1.29, 1.82) is 0 Å². The SMILES string of the molecule is CCCNC(C)c1nnnn1C1CC(OC)C1(C)C. The van der Waals surface area contributed by atoms with E-state index in [4.69, 9.17) is 4.74 Å². The molecule has 0 aromatic carbocycles. The van der Waals surface area contributed by atoms with Crippen LogP contribution < -0.4 is 5.32 Å². The lowest BCUT2D eigenvalue weighted by Gasteiger charge is -2.50. The summed E-state index contributed by atoms with van der Waals surface area (Å²) < 4.78 is 7.47. The van der Waals surface area contributed by atoms with Crippen molar-refractivity contribution in [3.63, 3.8) is 0 Å². The fourth-order valence-corrected chi connectivity index (χ4v) is 2.84. The third kappa shape index (κ3) is 2.51. The summed E-state index contributed by atoms with van der Waals surface area (Å²) in [5.74, 6) is 0.918. The molecule has 0 bridgehead atoms. The Balaban J connectivity index is 2.12. The highest BCUT2D eigenvalue weighted by Gasteiger charge is 2.51. The summed E-state index contributed by atoms with van der Waals surface area (Å²) >= 11 is 0. The normalized spacial score (nSPS) is 27.0. The summed E-state index contributed by atoms with van der Waals surface area (Å²) in [5.41, 5.74) is 0.0728. The number of nitrogens with zero attached hydrogens (tertiary/aromatic N) is 4. The van der Waals surface area contributed by atoms with Gasteiger partial charge in [0.1, 0.15) is 0 Å². The molecule has 0 aliphatic heterocycles. The monoisotopic (exact) mass is 267 g/mol. The average molecular weight is 267 g/mol. The van der Waals surface area contributed by atoms with Crippen LogP contribution in [0.25, 0.3) is 0 Å². The number of hydrogen-bond acceptors (Lipinski definition) is 5. The fraction of sp³-hybridized carbons (Fsp3) is 0.923. The highest BCUT2D eigenvalue weighted by atomic mass is 16.5. The molecule has 108 valence electrons. The van der Waals surface area contributed by atoms with Crippen molar-refractivity contribution in [2.75, 3.05) is 13.7 Å². The molecule has 0 radical (unpaired) electrons. The van der Waals surface area contributed by atoms with Gasteiger partial charge < -0.3 is 10.1 Å². The molecular weight excluding hydrogens is 242 g/mol. The molecule has 1 aliphatic rings. The molecule has 1 N–H and O–H groups in total. The highest BCUT2D eigenvalue weighted by Crippen LogP contribution is 2.51. The lowest BCUT2D eigenvalue weighted by Crippen LogP contribution is -2.52. The van der Waals surface area contributed by atoms with Gasteiger partial charge in [0.2, 0.25) is 0 Å². The van der Waals surface area contributed by atoms with E-state index < -0.39 is 0 Å². The number of aromatic nitrogens is 4. The van der Waals surface area contributed by atoms with Gasteiger partial charge in [-0.25, -0.2) is 4.68 Å². The first kappa shape index (κ1) is 14.4. The van der Waals surface area contributed by atoms with E-state index in [1.54, 1.807) is 7.11 Å². The maximum absolute atomic E-state index is 5.50. The zero-order valence-electron chi connectivity index (χ0n) is 12.6. The van der Waals surface area contributed by atoms with Crippen LogP contribution in [0.4, 0.5) is 0 Å². The first-order chi connectivity index (χ1) is 9.02. The van der Waals surface area contributed by atoms with Gasteiger partial charge >= 0.3 is 0 Å². The molecule has 6 heteroatoms. The van der Waals surface area contributed by atoms with Gasteiger partial charge in [0.15, 0.2) is 5.82 Å². The Bertz CT molecular complexity index is 417. The molecular formula is C13H25N5O. The van der Waals surface area contributed by atoms with E-state index in [0.29, 0.717) is 6.04 Å². The lowest BCUT2D eigenvalue weighted by molar-refractivity contribution is -0.117. The summed E-state index contributed by atoms with van der Waals surface area (Å²) in [5, 5.41) is 15.7. The minimum Gasteiger partial charge on any atom is -0.381 e. The van der Waals surface area contributed by atoms with Crippen LogP contribution in [-0.2, 0) is 4.74 Å². The van der Waals surface area contributed by atoms with Crippen LogP contribution in [0.1, 0.15) is 58.4 Å². The molecule has 3 unspecified atom stereocenters. The van der Waals surface area contributed by atoms with E-state index in [9.17, 15) is 0 Å². The van der Waals surface area contributed by atoms with Gasteiger partial charge in [-0.3, -0.25) is 0 Å². The zero-order chi connectivity index (χ0) is 14.0. The summed E-state index contributed by atoms with van der Waals surface area (Å²) in [7, 11) is 1.77. The van der Waals surface area contributed by atoms with Crippen LogP contribution in [0.5, 0.6) is 0 Å². The third-order valence-corrected chi connectivity index (χ3v) is 4.31. The number of hydrogen-bond donors (Lipinski definition) is 1. The second-order valence-electron chi connectivity index (χ2n) is 5.95. The Hall–Kier alpha value is -1.01. The van der Waals surface area contributed by atoms with Crippen LogP contribution in [0.3, 0.4) is 0 Å². The van der Waals surface area contributed by atoms with Crippen molar-refractivity contribution < 1.29 is 4.74 Å². The van der Waals surface area contributed by atoms with E-state index in [1.807, 2.05) is 4.68 Å². The molecule has 1 aromatic rings. The van der Waals surface area contributed by atoms with Crippen LogP contribution in [0.15, 0.2) is 0 Å². The zero-order valence-corrected chi connectivity index (χ0v) is 12.6. The first-order valence-corrected chi connectivity index (χ1v) is 7.06.